The SMILES string of the molecule is CC1CC1CNC1CCC(=O)NC1. The van der Waals surface area contributed by atoms with E-state index in [9.17, 15) is 4.79 Å². The Morgan fingerprint density at radius 3 is 2.92 bits per heavy atom. The van der Waals surface area contributed by atoms with Gasteiger partial charge >= 0.3 is 0 Å². The maximum absolute atomic E-state index is 10.9. The number of hydrogen-bond acceptors (Lipinski definition) is 2. The fraction of sp³-hybridized carbons (Fsp3) is 0.900. The van der Waals surface area contributed by atoms with Crippen molar-refractivity contribution >= 4 is 5.91 Å². The molecule has 2 fully saturated rings. The molecular weight excluding hydrogens is 164 g/mol. The Morgan fingerprint density at radius 1 is 1.62 bits per heavy atom. The van der Waals surface area contributed by atoms with Crippen LogP contribution in [0.25, 0.3) is 0 Å². The molecule has 1 amide bonds. The van der Waals surface area contributed by atoms with E-state index in [1.54, 1.807) is 0 Å². The largest absolute Gasteiger partial charge is 0.355 e. The fourth-order valence-corrected chi connectivity index (χ4v) is 1.91. The molecule has 3 heteroatoms. The Balaban J connectivity index is 1.62. The highest BCUT2D eigenvalue weighted by Gasteiger charge is 2.32. The van der Waals surface area contributed by atoms with E-state index in [0.29, 0.717) is 12.5 Å². The van der Waals surface area contributed by atoms with Gasteiger partial charge in [0.25, 0.3) is 0 Å². The van der Waals surface area contributed by atoms with Crippen molar-refractivity contribution in [1.29, 1.82) is 0 Å². The van der Waals surface area contributed by atoms with E-state index in [-0.39, 0.29) is 5.91 Å². The Hall–Kier alpha value is -0.570. The van der Waals surface area contributed by atoms with E-state index in [2.05, 4.69) is 17.6 Å². The number of rotatable bonds is 3. The zero-order valence-electron chi connectivity index (χ0n) is 8.18. The second kappa shape index (κ2) is 3.66. The number of carbonyl (C=O) groups is 1. The quantitative estimate of drug-likeness (QED) is 0.667. The first-order valence-electron chi connectivity index (χ1n) is 5.26. The normalized spacial score (nSPS) is 38.5. The van der Waals surface area contributed by atoms with E-state index in [1.165, 1.54) is 6.42 Å². The number of amides is 1. The molecule has 3 unspecified atom stereocenters. The highest BCUT2D eigenvalue weighted by atomic mass is 16.1. The molecule has 1 saturated heterocycles. The molecule has 1 aliphatic carbocycles. The lowest BCUT2D eigenvalue weighted by Crippen LogP contribution is -2.46. The van der Waals surface area contributed by atoms with E-state index >= 15 is 0 Å². The Labute approximate surface area is 79.3 Å². The van der Waals surface area contributed by atoms with Crippen molar-refractivity contribution in [2.45, 2.75) is 32.2 Å². The first-order valence-corrected chi connectivity index (χ1v) is 5.26. The zero-order chi connectivity index (χ0) is 9.26. The van der Waals surface area contributed by atoms with Crippen LogP contribution in [0.15, 0.2) is 0 Å². The summed E-state index contributed by atoms with van der Waals surface area (Å²) < 4.78 is 0. The minimum absolute atomic E-state index is 0.206. The van der Waals surface area contributed by atoms with Gasteiger partial charge in [-0.1, -0.05) is 6.92 Å². The minimum Gasteiger partial charge on any atom is -0.355 e. The molecule has 2 N–H and O–H groups in total. The Kier molecular flexibility index (Phi) is 2.54. The van der Waals surface area contributed by atoms with Crippen molar-refractivity contribution in [1.82, 2.24) is 10.6 Å². The van der Waals surface area contributed by atoms with E-state index in [0.717, 1.165) is 31.3 Å². The molecule has 1 saturated carbocycles. The van der Waals surface area contributed by atoms with Crippen LogP contribution in [0.5, 0.6) is 0 Å². The van der Waals surface area contributed by atoms with Crippen molar-refractivity contribution in [3.63, 3.8) is 0 Å². The average Bonchev–Trinajstić information content (AvgIpc) is 2.81. The number of nitrogens with one attached hydrogen (secondary N) is 2. The minimum atomic E-state index is 0.206. The second-order valence-corrected chi connectivity index (χ2v) is 4.42. The van der Waals surface area contributed by atoms with Crippen molar-refractivity contribution in [2.75, 3.05) is 13.1 Å². The molecule has 1 aliphatic heterocycles. The summed E-state index contributed by atoms with van der Waals surface area (Å²) >= 11 is 0. The van der Waals surface area contributed by atoms with Crippen molar-refractivity contribution in [3.05, 3.63) is 0 Å². The van der Waals surface area contributed by atoms with Crippen LogP contribution in [0.1, 0.15) is 26.2 Å². The standard InChI is InChI=1S/C10H18N2O/c1-7-4-8(7)5-11-9-2-3-10(13)12-6-9/h7-9,11H,2-6H2,1H3,(H,12,13). The third-order valence-electron chi connectivity index (χ3n) is 3.21. The van der Waals surface area contributed by atoms with Gasteiger partial charge in [-0.05, 0) is 31.2 Å². The summed E-state index contributed by atoms with van der Waals surface area (Å²) in [6, 6.07) is 0.519. The van der Waals surface area contributed by atoms with E-state index in [1.807, 2.05) is 0 Å². The van der Waals surface area contributed by atoms with Crippen molar-refractivity contribution in [3.8, 4) is 0 Å². The van der Waals surface area contributed by atoms with Crippen LogP contribution in [0.3, 0.4) is 0 Å². The lowest BCUT2D eigenvalue weighted by molar-refractivity contribution is -0.122. The molecule has 0 aromatic carbocycles. The molecule has 13 heavy (non-hydrogen) atoms. The summed E-state index contributed by atoms with van der Waals surface area (Å²) in [6.07, 6.45) is 3.08. The first-order chi connectivity index (χ1) is 6.25. The maximum Gasteiger partial charge on any atom is 0.220 e. The van der Waals surface area contributed by atoms with Crippen LogP contribution in [-0.4, -0.2) is 25.0 Å². The van der Waals surface area contributed by atoms with Crippen LogP contribution in [0.2, 0.25) is 0 Å². The van der Waals surface area contributed by atoms with Gasteiger partial charge in [-0.2, -0.15) is 0 Å². The molecule has 2 rings (SSSR count). The summed E-state index contributed by atoms with van der Waals surface area (Å²) in [5.74, 6) is 2.03. The van der Waals surface area contributed by atoms with Gasteiger partial charge in [0.1, 0.15) is 0 Å². The number of carbonyl (C=O) groups excluding carboxylic acids is 1. The Morgan fingerprint density at radius 2 is 2.38 bits per heavy atom. The Bertz CT molecular complexity index is 195. The van der Waals surface area contributed by atoms with Crippen LogP contribution < -0.4 is 10.6 Å². The van der Waals surface area contributed by atoms with Crippen molar-refractivity contribution in [2.24, 2.45) is 11.8 Å². The predicted octanol–water partition coefficient (Wildman–Crippen LogP) is 0.511. The molecule has 0 aromatic rings. The topological polar surface area (TPSA) is 41.1 Å². The molecule has 2 aliphatic rings. The summed E-state index contributed by atoms with van der Waals surface area (Å²) in [5, 5.41) is 6.41. The second-order valence-electron chi connectivity index (χ2n) is 4.42. The fourth-order valence-electron chi connectivity index (χ4n) is 1.91. The molecule has 0 spiro atoms. The monoisotopic (exact) mass is 182 g/mol. The van der Waals surface area contributed by atoms with Gasteiger partial charge in [0.2, 0.25) is 5.91 Å². The average molecular weight is 182 g/mol. The van der Waals surface area contributed by atoms with Crippen molar-refractivity contribution < 1.29 is 4.79 Å². The van der Waals surface area contributed by atoms with Crippen LogP contribution in [0.4, 0.5) is 0 Å². The molecular formula is C10H18N2O. The lowest BCUT2D eigenvalue weighted by atomic mass is 10.1. The number of piperidine rings is 1. The molecule has 1 heterocycles. The third kappa shape index (κ3) is 2.44. The van der Waals surface area contributed by atoms with Gasteiger partial charge in [-0.15, -0.1) is 0 Å². The van der Waals surface area contributed by atoms with Gasteiger partial charge in [0.05, 0.1) is 0 Å². The van der Waals surface area contributed by atoms with Crippen LogP contribution in [-0.2, 0) is 4.79 Å². The lowest BCUT2D eigenvalue weighted by Gasteiger charge is -2.23. The molecule has 3 nitrogen and oxygen atoms in total. The first kappa shape index (κ1) is 9.00. The van der Waals surface area contributed by atoms with Crippen LogP contribution in [0, 0.1) is 11.8 Å². The summed E-state index contributed by atoms with van der Waals surface area (Å²) in [4.78, 5) is 10.9. The van der Waals surface area contributed by atoms with Gasteiger partial charge in [-0.3, -0.25) is 4.79 Å². The summed E-state index contributed by atoms with van der Waals surface area (Å²) in [6.45, 7) is 4.26. The highest BCUT2D eigenvalue weighted by molar-refractivity contribution is 5.76. The van der Waals surface area contributed by atoms with Gasteiger partial charge < -0.3 is 10.6 Å². The smallest absolute Gasteiger partial charge is 0.220 e. The highest BCUT2D eigenvalue weighted by Crippen LogP contribution is 2.36. The maximum atomic E-state index is 10.9. The molecule has 0 aromatic heterocycles. The predicted molar refractivity (Wildman–Crippen MR) is 51.3 cm³/mol. The van der Waals surface area contributed by atoms with Gasteiger partial charge in [0, 0.05) is 19.0 Å². The molecule has 3 atom stereocenters. The number of hydrogen-bond donors (Lipinski definition) is 2. The molecule has 0 radical (unpaired) electrons. The molecule has 74 valence electrons. The van der Waals surface area contributed by atoms with Crippen LogP contribution >= 0.6 is 0 Å². The van der Waals surface area contributed by atoms with E-state index < -0.39 is 0 Å². The zero-order valence-corrected chi connectivity index (χ0v) is 8.18. The summed E-state index contributed by atoms with van der Waals surface area (Å²) in [7, 11) is 0. The molecule has 0 bridgehead atoms. The summed E-state index contributed by atoms with van der Waals surface area (Å²) in [5.41, 5.74) is 0. The van der Waals surface area contributed by atoms with E-state index in [4.69, 9.17) is 0 Å². The van der Waals surface area contributed by atoms with Gasteiger partial charge in [0.15, 0.2) is 0 Å². The third-order valence-corrected chi connectivity index (χ3v) is 3.21. The van der Waals surface area contributed by atoms with Gasteiger partial charge in [-0.25, -0.2) is 0 Å².